The molecule has 15 heavy (non-hydrogen) atoms. The number of hydrogen-bond acceptors (Lipinski definition) is 2. The molecule has 0 spiro atoms. The van der Waals surface area contributed by atoms with Crippen LogP contribution < -0.4 is 0 Å². The van der Waals surface area contributed by atoms with Gasteiger partial charge in [0.25, 0.3) is 0 Å². The quantitative estimate of drug-likeness (QED) is 0.801. The van der Waals surface area contributed by atoms with E-state index in [9.17, 15) is 0 Å². The molecule has 0 aliphatic carbocycles. The number of hydrogen-bond donors (Lipinski definition) is 1. The van der Waals surface area contributed by atoms with Crippen molar-refractivity contribution in [1.82, 2.24) is 0 Å². The Morgan fingerprint density at radius 2 is 1.80 bits per heavy atom. The third kappa shape index (κ3) is 4.72. The highest BCUT2D eigenvalue weighted by molar-refractivity contribution is 7.98. The second kappa shape index (κ2) is 6.91. The van der Waals surface area contributed by atoms with Gasteiger partial charge in [0.15, 0.2) is 0 Å². The normalized spacial score (nSPS) is 12.7. The molecule has 0 aliphatic heterocycles. The summed E-state index contributed by atoms with van der Waals surface area (Å²) in [6.07, 6.45) is 1.11. The average molecular weight is 224 g/mol. The number of benzene rings is 1. The maximum Gasteiger partial charge on any atom is 0.0464 e. The number of aryl methyl sites for hydroxylation is 1. The Morgan fingerprint density at radius 1 is 1.20 bits per heavy atom. The highest BCUT2D eigenvalue weighted by atomic mass is 32.2. The molecular formula is C13H20OS. The van der Waals surface area contributed by atoms with Crippen LogP contribution in [0.4, 0.5) is 0 Å². The standard InChI is InChI=1S/C13H20OS/c1-3-12-4-6-13(7-5-12)10-15-9-11(2)8-14/h4-7,11,14H,3,8-10H2,1-2H3. The van der Waals surface area contributed by atoms with Crippen LogP contribution in [0.3, 0.4) is 0 Å². The van der Waals surface area contributed by atoms with Gasteiger partial charge in [0.1, 0.15) is 0 Å². The van der Waals surface area contributed by atoms with Crippen molar-refractivity contribution in [2.24, 2.45) is 5.92 Å². The van der Waals surface area contributed by atoms with E-state index < -0.39 is 0 Å². The van der Waals surface area contributed by atoms with Crippen molar-refractivity contribution in [3.05, 3.63) is 35.4 Å². The minimum absolute atomic E-state index is 0.293. The van der Waals surface area contributed by atoms with Crippen LogP contribution >= 0.6 is 11.8 Å². The molecule has 2 heteroatoms. The molecule has 1 rings (SSSR count). The maximum atomic E-state index is 8.89. The molecule has 0 radical (unpaired) electrons. The zero-order valence-electron chi connectivity index (χ0n) is 9.57. The second-order valence-electron chi connectivity index (χ2n) is 3.97. The summed E-state index contributed by atoms with van der Waals surface area (Å²) in [6.45, 7) is 4.54. The Labute approximate surface area is 96.9 Å². The average Bonchev–Trinajstić information content (AvgIpc) is 2.29. The first kappa shape index (κ1) is 12.6. The summed E-state index contributed by atoms with van der Waals surface area (Å²) in [6, 6.07) is 8.81. The molecule has 84 valence electrons. The van der Waals surface area contributed by atoms with Gasteiger partial charge in [-0.05, 0) is 29.2 Å². The van der Waals surface area contributed by atoms with Gasteiger partial charge in [-0.25, -0.2) is 0 Å². The fraction of sp³-hybridized carbons (Fsp3) is 0.538. The van der Waals surface area contributed by atoms with Gasteiger partial charge in [-0.3, -0.25) is 0 Å². The van der Waals surface area contributed by atoms with Crippen LogP contribution in [0.5, 0.6) is 0 Å². The van der Waals surface area contributed by atoms with Gasteiger partial charge < -0.3 is 5.11 Å². The Balaban J connectivity index is 2.31. The van der Waals surface area contributed by atoms with E-state index >= 15 is 0 Å². The van der Waals surface area contributed by atoms with Gasteiger partial charge in [0.05, 0.1) is 0 Å². The van der Waals surface area contributed by atoms with E-state index in [1.54, 1.807) is 0 Å². The summed E-state index contributed by atoms with van der Waals surface area (Å²) < 4.78 is 0. The smallest absolute Gasteiger partial charge is 0.0464 e. The summed E-state index contributed by atoms with van der Waals surface area (Å²) in [5.41, 5.74) is 2.77. The molecule has 0 heterocycles. The van der Waals surface area contributed by atoms with Crippen molar-refractivity contribution in [3.8, 4) is 0 Å². The predicted octanol–water partition coefficient (Wildman–Crippen LogP) is 3.11. The summed E-state index contributed by atoms with van der Waals surface area (Å²) in [4.78, 5) is 0. The molecule has 0 amide bonds. The molecule has 1 unspecified atom stereocenters. The third-order valence-corrected chi connectivity index (χ3v) is 3.76. The Kier molecular flexibility index (Phi) is 5.81. The van der Waals surface area contributed by atoms with E-state index in [1.807, 2.05) is 11.8 Å². The van der Waals surface area contributed by atoms with Crippen molar-refractivity contribution in [2.75, 3.05) is 12.4 Å². The van der Waals surface area contributed by atoms with Crippen LogP contribution in [0, 0.1) is 5.92 Å². The Hall–Kier alpha value is -0.470. The highest BCUT2D eigenvalue weighted by Gasteiger charge is 2.00. The second-order valence-corrected chi connectivity index (χ2v) is 5.00. The fourth-order valence-electron chi connectivity index (χ4n) is 1.30. The Bertz CT molecular complexity index is 268. The van der Waals surface area contributed by atoms with Crippen LogP contribution in [0.25, 0.3) is 0 Å². The fourth-order valence-corrected chi connectivity index (χ4v) is 2.36. The van der Waals surface area contributed by atoms with E-state index in [0.29, 0.717) is 12.5 Å². The van der Waals surface area contributed by atoms with Crippen LogP contribution in [0.15, 0.2) is 24.3 Å². The van der Waals surface area contributed by atoms with E-state index in [2.05, 4.69) is 38.1 Å². The van der Waals surface area contributed by atoms with Crippen molar-refractivity contribution >= 4 is 11.8 Å². The van der Waals surface area contributed by atoms with E-state index in [-0.39, 0.29) is 0 Å². The zero-order chi connectivity index (χ0) is 11.1. The van der Waals surface area contributed by atoms with Crippen molar-refractivity contribution in [3.63, 3.8) is 0 Å². The number of aliphatic hydroxyl groups is 1. The Morgan fingerprint density at radius 3 is 2.33 bits per heavy atom. The van der Waals surface area contributed by atoms with Gasteiger partial charge in [-0.15, -0.1) is 0 Å². The van der Waals surface area contributed by atoms with E-state index in [1.165, 1.54) is 11.1 Å². The molecule has 0 saturated heterocycles. The number of rotatable bonds is 6. The molecular weight excluding hydrogens is 204 g/mol. The molecule has 0 aromatic heterocycles. The SMILES string of the molecule is CCc1ccc(CSCC(C)CO)cc1. The lowest BCUT2D eigenvalue weighted by Crippen LogP contribution is -2.03. The van der Waals surface area contributed by atoms with Crippen molar-refractivity contribution in [2.45, 2.75) is 26.0 Å². The topological polar surface area (TPSA) is 20.2 Å². The summed E-state index contributed by atoms with van der Waals surface area (Å²) >= 11 is 1.89. The molecule has 0 bridgehead atoms. The van der Waals surface area contributed by atoms with Gasteiger partial charge in [0.2, 0.25) is 0 Å². The summed E-state index contributed by atoms with van der Waals surface area (Å²) in [5, 5.41) is 8.89. The minimum Gasteiger partial charge on any atom is -0.396 e. The van der Waals surface area contributed by atoms with Crippen LogP contribution in [0.2, 0.25) is 0 Å². The van der Waals surface area contributed by atoms with Crippen molar-refractivity contribution < 1.29 is 5.11 Å². The third-order valence-electron chi connectivity index (χ3n) is 2.41. The van der Waals surface area contributed by atoms with Crippen molar-refractivity contribution in [1.29, 1.82) is 0 Å². The number of thioether (sulfide) groups is 1. The predicted molar refractivity (Wildman–Crippen MR) is 68.2 cm³/mol. The first-order valence-corrected chi connectivity index (χ1v) is 6.68. The summed E-state index contributed by atoms with van der Waals surface area (Å²) in [7, 11) is 0. The lowest BCUT2D eigenvalue weighted by Gasteiger charge is -2.07. The molecule has 1 N–H and O–H groups in total. The van der Waals surface area contributed by atoms with E-state index in [4.69, 9.17) is 5.11 Å². The lowest BCUT2D eigenvalue weighted by molar-refractivity contribution is 0.250. The molecule has 0 fully saturated rings. The van der Waals surface area contributed by atoms with Gasteiger partial charge in [-0.1, -0.05) is 38.1 Å². The van der Waals surface area contributed by atoms with E-state index in [0.717, 1.165) is 17.9 Å². The number of aliphatic hydroxyl groups excluding tert-OH is 1. The van der Waals surface area contributed by atoms with Gasteiger partial charge >= 0.3 is 0 Å². The van der Waals surface area contributed by atoms with Gasteiger partial charge in [-0.2, -0.15) is 11.8 Å². The molecule has 0 aliphatic rings. The van der Waals surface area contributed by atoms with Crippen LogP contribution in [-0.4, -0.2) is 17.5 Å². The molecule has 1 nitrogen and oxygen atoms in total. The highest BCUT2D eigenvalue weighted by Crippen LogP contribution is 2.16. The lowest BCUT2D eigenvalue weighted by atomic mass is 10.1. The van der Waals surface area contributed by atoms with Crippen LogP contribution in [0.1, 0.15) is 25.0 Å². The molecule has 1 aromatic carbocycles. The first-order valence-electron chi connectivity index (χ1n) is 5.52. The molecule has 1 aromatic rings. The zero-order valence-corrected chi connectivity index (χ0v) is 10.4. The first-order chi connectivity index (χ1) is 7.26. The van der Waals surface area contributed by atoms with Crippen LogP contribution in [-0.2, 0) is 12.2 Å². The monoisotopic (exact) mass is 224 g/mol. The molecule has 1 atom stereocenters. The maximum absolute atomic E-state index is 8.89. The summed E-state index contributed by atoms with van der Waals surface area (Å²) in [5.74, 6) is 2.49. The largest absolute Gasteiger partial charge is 0.396 e. The minimum atomic E-state index is 0.293. The molecule has 0 saturated carbocycles. The van der Waals surface area contributed by atoms with Gasteiger partial charge in [0, 0.05) is 12.4 Å².